The molecule has 0 N–H and O–H groups in total. The fourth-order valence-corrected chi connectivity index (χ4v) is 9.69. The van der Waals surface area contributed by atoms with Crippen molar-refractivity contribution in [2.75, 3.05) is 0 Å². The Morgan fingerprint density at radius 2 is 1.78 bits per heavy atom. The summed E-state index contributed by atoms with van der Waals surface area (Å²) in [6.45, 7) is 14.8. The van der Waals surface area contributed by atoms with E-state index in [1.54, 1.807) is 5.57 Å². The van der Waals surface area contributed by atoms with Crippen molar-refractivity contribution in [3.05, 3.63) is 11.6 Å². The van der Waals surface area contributed by atoms with E-state index in [4.69, 9.17) is 4.74 Å². The van der Waals surface area contributed by atoms with Crippen molar-refractivity contribution >= 4 is 5.97 Å². The van der Waals surface area contributed by atoms with Gasteiger partial charge in [0, 0.05) is 12.8 Å². The summed E-state index contributed by atoms with van der Waals surface area (Å²) in [5.74, 6) is 5.34. The van der Waals surface area contributed by atoms with Crippen LogP contribution in [0, 0.1) is 46.3 Å². The molecule has 3 fully saturated rings. The van der Waals surface area contributed by atoms with Crippen LogP contribution in [0.25, 0.3) is 0 Å². The smallest absolute Gasteiger partial charge is 0.306 e. The highest BCUT2D eigenvalue weighted by Crippen LogP contribution is 2.67. The number of esters is 1. The standard InChI is InChI=1S/C34H58O2/c1-7-8-9-10-14-32(35)36-27-19-21-33(5)26(23-27)15-16-28-30-18-17-29(25(4)13-11-12-24(2)3)34(30,6)22-20-31(28)33/h15,24-25,27-31H,7-14,16-23H2,1-6H3/t25-,27-,28-,29+,30+,31+,33-,34-/m0/s1. The normalized spacial score (nSPS) is 38.6. The molecule has 0 aromatic carbocycles. The maximum atomic E-state index is 12.4. The molecule has 0 aromatic rings. The third-order valence-corrected chi connectivity index (χ3v) is 11.8. The van der Waals surface area contributed by atoms with Crippen LogP contribution in [0.5, 0.6) is 0 Å². The molecule has 0 amide bonds. The van der Waals surface area contributed by atoms with Crippen molar-refractivity contribution in [1.29, 1.82) is 0 Å². The predicted octanol–water partition coefficient (Wildman–Crippen LogP) is 9.91. The van der Waals surface area contributed by atoms with E-state index in [9.17, 15) is 4.79 Å². The summed E-state index contributed by atoms with van der Waals surface area (Å²) in [7, 11) is 0. The van der Waals surface area contributed by atoms with Gasteiger partial charge in [-0.15, -0.1) is 0 Å². The number of carbonyl (C=O) groups is 1. The molecular formula is C34H58O2. The summed E-state index contributed by atoms with van der Waals surface area (Å²) in [6, 6.07) is 0. The number of allylic oxidation sites excluding steroid dienone is 1. The van der Waals surface area contributed by atoms with Crippen molar-refractivity contribution in [3.8, 4) is 0 Å². The topological polar surface area (TPSA) is 26.3 Å². The number of rotatable bonds is 11. The molecule has 4 aliphatic carbocycles. The number of fused-ring (bicyclic) bond motifs is 5. The van der Waals surface area contributed by atoms with Gasteiger partial charge in [0.2, 0.25) is 0 Å². The first-order valence-corrected chi connectivity index (χ1v) is 16.1. The quantitative estimate of drug-likeness (QED) is 0.161. The monoisotopic (exact) mass is 498 g/mol. The summed E-state index contributed by atoms with van der Waals surface area (Å²) in [5.41, 5.74) is 2.54. The Bertz CT molecular complexity index is 767. The van der Waals surface area contributed by atoms with E-state index >= 15 is 0 Å². The molecule has 0 aromatic heterocycles. The molecule has 4 aliphatic rings. The molecule has 0 spiro atoms. The van der Waals surface area contributed by atoms with Gasteiger partial charge in [-0.05, 0) is 97.7 Å². The Morgan fingerprint density at radius 3 is 2.53 bits per heavy atom. The molecule has 4 rings (SSSR count). The zero-order valence-electron chi connectivity index (χ0n) is 24.7. The summed E-state index contributed by atoms with van der Waals surface area (Å²) in [6.07, 6.45) is 22.5. The fourth-order valence-electron chi connectivity index (χ4n) is 9.69. The van der Waals surface area contributed by atoms with Gasteiger partial charge in [0.1, 0.15) is 6.10 Å². The van der Waals surface area contributed by atoms with E-state index in [1.165, 1.54) is 70.6 Å². The minimum Gasteiger partial charge on any atom is -0.462 e. The summed E-state index contributed by atoms with van der Waals surface area (Å²) >= 11 is 0. The molecule has 3 saturated carbocycles. The molecule has 2 nitrogen and oxygen atoms in total. The van der Waals surface area contributed by atoms with Crippen LogP contribution in [0.4, 0.5) is 0 Å². The Kier molecular flexibility index (Phi) is 9.36. The largest absolute Gasteiger partial charge is 0.462 e. The average molecular weight is 499 g/mol. The highest BCUT2D eigenvalue weighted by molar-refractivity contribution is 5.69. The third-order valence-electron chi connectivity index (χ3n) is 11.8. The van der Waals surface area contributed by atoms with Gasteiger partial charge in [-0.1, -0.05) is 91.7 Å². The lowest BCUT2D eigenvalue weighted by Gasteiger charge is -2.58. The van der Waals surface area contributed by atoms with Crippen LogP contribution < -0.4 is 0 Å². The molecule has 36 heavy (non-hydrogen) atoms. The van der Waals surface area contributed by atoms with Gasteiger partial charge in [-0.25, -0.2) is 0 Å². The van der Waals surface area contributed by atoms with E-state index in [-0.39, 0.29) is 12.1 Å². The second kappa shape index (κ2) is 11.9. The van der Waals surface area contributed by atoms with E-state index in [1.807, 2.05) is 0 Å². The summed E-state index contributed by atoms with van der Waals surface area (Å²) in [4.78, 5) is 12.4. The molecule has 0 radical (unpaired) electrons. The second-order valence-electron chi connectivity index (χ2n) is 14.5. The predicted molar refractivity (Wildman–Crippen MR) is 152 cm³/mol. The van der Waals surface area contributed by atoms with Crippen molar-refractivity contribution in [2.45, 2.75) is 150 Å². The van der Waals surface area contributed by atoms with E-state index in [0.29, 0.717) is 17.3 Å². The van der Waals surface area contributed by atoms with Crippen LogP contribution in [0.2, 0.25) is 0 Å². The lowest BCUT2D eigenvalue weighted by molar-refractivity contribution is -0.151. The molecule has 0 heterocycles. The van der Waals surface area contributed by atoms with Gasteiger partial charge >= 0.3 is 5.97 Å². The number of carbonyl (C=O) groups excluding carboxylic acids is 1. The van der Waals surface area contributed by atoms with Crippen LogP contribution in [-0.4, -0.2) is 12.1 Å². The highest BCUT2D eigenvalue weighted by atomic mass is 16.5. The molecular weight excluding hydrogens is 440 g/mol. The SMILES string of the molecule is CCCCCCC(=O)O[C@H]1CC[C@@]2(C)C(=CC[C@H]3[C@H]4CC[C@H]([C@@H](C)CCCC(C)C)[C@]4(C)CC[C@H]32)C1. The lowest BCUT2D eigenvalue weighted by Crippen LogP contribution is -2.51. The number of hydrogen-bond donors (Lipinski definition) is 0. The van der Waals surface area contributed by atoms with Crippen molar-refractivity contribution in [1.82, 2.24) is 0 Å². The maximum absolute atomic E-state index is 12.4. The molecule has 0 aliphatic heterocycles. The Hall–Kier alpha value is -0.790. The summed E-state index contributed by atoms with van der Waals surface area (Å²) in [5, 5.41) is 0. The molecule has 8 atom stereocenters. The molecule has 0 saturated heterocycles. The van der Waals surface area contributed by atoms with Gasteiger partial charge in [0.15, 0.2) is 0 Å². The Balaban J connectivity index is 1.36. The van der Waals surface area contributed by atoms with Crippen molar-refractivity contribution in [2.24, 2.45) is 46.3 Å². The van der Waals surface area contributed by atoms with E-state index < -0.39 is 0 Å². The zero-order chi connectivity index (χ0) is 25.9. The number of unbranched alkanes of at least 4 members (excludes halogenated alkanes) is 3. The number of hydrogen-bond acceptors (Lipinski definition) is 2. The van der Waals surface area contributed by atoms with Crippen LogP contribution in [-0.2, 0) is 9.53 Å². The van der Waals surface area contributed by atoms with Gasteiger partial charge in [-0.3, -0.25) is 4.79 Å². The van der Waals surface area contributed by atoms with E-state index in [2.05, 4.69) is 47.6 Å². The maximum Gasteiger partial charge on any atom is 0.306 e. The lowest BCUT2D eigenvalue weighted by atomic mass is 9.47. The van der Waals surface area contributed by atoms with Gasteiger partial charge in [0.25, 0.3) is 0 Å². The molecule has 206 valence electrons. The van der Waals surface area contributed by atoms with Crippen LogP contribution in [0.15, 0.2) is 11.6 Å². The van der Waals surface area contributed by atoms with E-state index in [0.717, 1.165) is 61.2 Å². The Labute approximate surface area is 223 Å². The highest BCUT2D eigenvalue weighted by Gasteiger charge is 2.59. The van der Waals surface area contributed by atoms with Crippen LogP contribution >= 0.6 is 0 Å². The molecule has 2 heteroatoms. The van der Waals surface area contributed by atoms with Crippen molar-refractivity contribution < 1.29 is 9.53 Å². The first-order chi connectivity index (χ1) is 17.2. The molecule has 0 unspecified atom stereocenters. The summed E-state index contributed by atoms with van der Waals surface area (Å²) < 4.78 is 5.99. The minimum atomic E-state index is 0.0435. The zero-order valence-corrected chi connectivity index (χ0v) is 24.7. The van der Waals surface area contributed by atoms with Gasteiger partial charge in [-0.2, -0.15) is 0 Å². The second-order valence-corrected chi connectivity index (χ2v) is 14.5. The third kappa shape index (κ3) is 5.78. The first-order valence-electron chi connectivity index (χ1n) is 16.1. The van der Waals surface area contributed by atoms with Crippen molar-refractivity contribution in [3.63, 3.8) is 0 Å². The first kappa shape index (κ1) is 28.2. The minimum absolute atomic E-state index is 0.0435. The van der Waals surface area contributed by atoms with Crippen LogP contribution in [0.3, 0.4) is 0 Å². The number of ether oxygens (including phenoxy) is 1. The fraction of sp³-hybridized carbons (Fsp3) is 0.912. The van der Waals surface area contributed by atoms with Gasteiger partial charge < -0.3 is 4.74 Å². The average Bonchev–Trinajstić information content (AvgIpc) is 3.19. The van der Waals surface area contributed by atoms with Crippen LogP contribution in [0.1, 0.15) is 144 Å². The van der Waals surface area contributed by atoms with Gasteiger partial charge in [0.05, 0.1) is 0 Å². The molecule has 0 bridgehead atoms. The Morgan fingerprint density at radius 1 is 0.972 bits per heavy atom.